The Balaban J connectivity index is 2.05. The van der Waals surface area contributed by atoms with E-state index in [-0.39, 0.29) is 10.8 Å². The first-order valence-electron chi connectivity index (χ1n) is 7.88. The van der Waals surface area contributed by atoms with E-state index in [1.165, 1.54) is 24.3 Å². The summed E-state index contributed by atoms with van der Waals surface area (Å²) in [6.07, 6.45) is 0.987. The van der Waals surface area contributed by atoms with Crippen LogP contribution in [0.5, 0.6) is 0 Å². The average molecular weight is 357 g/mol. The highest BCUT2D eigenvalue weighted by atomic mass is 32.1. The van der Waals surface area contributed by atoms with E-state index in [0.717, 1.165) is 17.7 Å². The largest absolute Gasteiger partial charge is 0.332 e. The van der Waals surface area contributed by atoms with Crippen molar-refractivity contribution in [2.45, 2.75) is 26.2 Å². The second-order valence-corrected chi connectivity index (χ2v) is 6.02. The lowest BCUT2D eigenvalue weighted by molar-refractivity contribution is -0.384. The van der Waals surface area contributed by atoms with Crippen LogP contribution >= 0.6 is 12.2 Å². The van der Waals surface area contributed by atoms with Crippen molar-refractivity contribution in [2.75, 3.05) is 5.32 Å². The molecule has 0 aliphatic rings. The van der Waals surface area contributed by atoms with Crippen molar-refractivity contribution in [3.63, 3.8) is 0 Å². The minimum absolute atomic E-state index is 0.0697. The smallest absolute Gasteiger partial charge is 0.269 e. The van der Waals surface area contributed by atoms with E-state index in [2.05, 4.69) is 24.5 Å². The molecule has 2 rings (SSSR count). The van der Waals surface area contributed by atoms with E-state index in [1.54, 1.807) is 0 Å². The van der Waals surface area contributed by atoms with Crippen LogP contribution < -0.4 is 10.6 Å². The Hall–Kier alpha value is -2.80. The molecule has 2 aromatic carbocycles. The molecule has 0 radical (unpaired) electrons. The van der Waals surface area contributed by atoms with Crippen LogP contribution in [0.25, 0.3) is 0 Å². The number of benzene rings is 2. The minimum atomic E-state index is -0.514. The first-order valence-corrected chi connectivity index (χ1v) is 8.29. The zero-order valence-electron chi connectivity index (χ0n) is 14.0. The fourth-order valence-corrected chi connectivity index (χ4v) is 2.53. The molecule has 2 aromatic rings. The number of para-hydroxylation sites is 1. The molecule has 0 spiro atoms. The van der Waals surface area contributed by atoms with Crippen molar-refractivity contribution in [1.82, 2.24) is 5.32 Å². The molecule has 130 valence electrons. The summed E-state index contributed by atoms with van der Waals surface area (Å²) in [5, 5.41) is 16.5. The van der Waals surface area contributed by atoms with Crippen LogP contribution in [0.3, 0.4) is 0 Å². The third-order valence-electron chi connectivity index (χ3n) is 3.92. The second kappa shape index (κ2) is 8.34. The predicted octanol–water partition coefficient (Wildman–Crippen LogP) is 4.24. The summed E-state index contributed by atoms with van der Waals surface area (Å²) in [7, 11) is 0. The van der Waals surface area contributed by atoms with Crippen molar-refractivity contribution < 1.29 is 9.72 Å². The first kappa shape index (κ1) is 18.5. The van der Waals surface area contributed by atoms with Crippen LogP contribution in [0.4, 0.5) is 11.4 Å². The maximum absolute atomic E-state index is 12.2. The molecule has 0 aliphatic carbocycles. The van der Waals surface area contributed by atoms with E-state index in [4.69, 9.17) is 12.2 Å². The van der Waals surface area contributed by atoms with Crippen molar-refractivity contribution >= 4 is 34.6 Å². The van der Waals surface area contributed by atoms with Crippen molar-refractivity contribution in [3.8, 4) is 0 Å². The highest BCUT2D eigenvalue weighted by Crippen LogP contribution is 2.26. The van der Waals surface area contributed by atoms with Gasteiger partial charge >= 0.3 is 0 Å². The highest BCUT2D eigenvalue weighted by molar-refractivity contribution is 7.80. The fraction of sp³-hybridized carbons (Fsp3) is 0.222. The molecule has 7 heteroatoms. The number of rotatable bonds is 5. The molecule has 0 heterocycles. The number of nitrogens with one attached hydrogen (secondary N) is 2. The summed E-state index contributed by atoms with van der Waals surface area (Å²) in [6, 6.07) is 13.1. The predicted molar refractivity (Wildman–Crippen MR) is 102 cm³/mol. The topological polar surface area (TPSA) is 84.3 Å². The van der Waals surface area contributed by atoms with Gasteiger partial charge in [-0.25, -0.2) is 0 Å². The lowest BCUT2D eigenvalue weighted by Gasteiger charge is -2.17. The number of amides is 1. The minimum Gasteiger partial charge on any atom is -0.332 e. The molecular weight excluding hydrogens is 338 g/mol. The molecule has 6 nitrogen and oxygen atoms in total. The summed E-state index contributed by atoms with van der Waals surface area (Å²) in [5.74, 6) is -0.0645. The fourth-order valence-electron chi connectivity index (χ4n) is 2.32. The number of thiocarbonyl (C=S) groups is 1. The Morgan fingerprint density at radius 1 is 1.20 bits per heavy atom. The van der Waals surface area contributed by atoms with Gasteiger partial charge in [-0.15, -0.1) is 0 Å². The van der Waals surface area contributed by atoms with Crippen LogP contribution in [0, 0.1) is 10.1 Å². The van der Waals surface area contributed by atoms with E-state index >= 15 is 0 Å². The normalized spacial score (nSPS) is 11.4. The molecule has 0 saturated heterocycles. The van der Waals surface area contributed by atoms with Gasteiger partial charge < -0.3 is 5.32 Å². The molecule has 25 heavy (non-hydrogen) atoms. The van der Waals surface area contributed by atoms with E-state index in [1.807, 2.05) is 24.3 Å². The number of non-ortho nitro benzene ring substituents is 1. The van der Waals surface area contributed by atoms with Gasteiger partial charge in [0.2, 0.25) is 0 Å². The van der Waals surface area contributed by atoms with Gasteiger partial charge in [-0.2, -0.15) is 0 Å². The number of nitro groups is 1. The number of carbonyl (C=O) groups excluding carboxylic acids is 1. The number of nitrogens with zero attached hydrogens (tertiary/aromatic N) is 1. The Kier molecular flexibility index (Phi) is 6.19. The van der Waals surface area contributed by atoms with Gasteiger partial charge in [0.05, 0.1) is 4.92 Å². The number of hydrogen-bond acceptors (Lipinski definition) is 4. The number of anilines is 1. The van der Waals surface area contributed by atoms with Crippen LogP contribution in [0.1, 0.15) is 42.1 Å². The van der Waals surface area contributed by atoms with Crippen LogP contribution in [0.2, 0.25) is 0 Å². The zero-order valence-corrected chi connectivity index (χ0v) is 14.8. The summed E-state index contributed by atoms with van der Waals surface area (Å²) in [6.45, 7) is 4.23. The van der Waals surface area contributed by atoms with E-state index in [9.17, 15) is 14.9 Å². The third-order valence-corrected chi connectivity index (χ3v) is 4.12. The molecule has 1 unspecified atom stereocenters. The van der Waals surface area contributed by atoms with Gasteiger partial charge in [0.15, 0.2) is 5.11 Å². The monoisotopic (exact) mass is 357 g/mol. The lowest BCUT2D eigenvalue weighted by Crippen LogP contribution is -2.34. The molecule has 0 bridgehead atoms. The summed E-state index contributed by atoms with van der Waals surface area (Å²) >= 11 is 5.21. The van der Waals surface area contributed by atoms with Gasteiger partial charge in [0.1, 0.15) is 0 Å². The Morgan fingerprint density at radius 3 is 2.44 bits per heavy atom. The molecular formula is C18H19N3O3S. The second-order valence-electron chi connectivity index (χ2n) is 5.61. The van der Waals surface area contributed by atoms with E-state index < -0.39 is 10.8 Å². The molecule has 0 fully saturated rings. The van der Waals surface area contributed by atoms with Gasteiger partial charge in [-0.3, -0.25) is 20.2 Å². The summed E-state index contributed by atoms with van der Waals surface area (Å²) in [5.41, 5.74) is 2.20. The maximum Gasteiger partial charge on any atom is 0.269 e. The van der Waals surface area contributed by atoms with Crippen molar-refractivity contribution in [3.05, 3.63) is 69.8 Å². The van der Waals surface area contributed by atoms with Gasteiger partial charge in [-0.1, -0.05) is 32.0 Å². The van der Waals surface area contributed by atoms with Crippen molar-refractivity contribution in [1.29, 1.82) is 0 Å². The number of hydrogen-bond donors (Lipinski definition) is 2. The van der Waals surface area contributed by atoms with Gasteiger partial charge in [0.25, 0.3) is 11.6 Å². The van der Waals surface area contributed by atoms with Crippen LogP contribution in [-0.2, 0) is 0 Å². The molecule has 2 N–H and O–H groups in total. The molecule has 1 amide bonds. The standard InChI is InChI=1S/C18H19N3O3S/c1-3-12(2)15-6-4-5-7-16(15)19-18(25)20-17(22)13-8-10-14(11-9-13)21(23)24/h4-12H,3H2,1-2H3,(H2,19,20,22,25). The highest BCUT2D eigenvalue weighted by Gasteiger charge is 2.13. The maximum atomic E-state index is 12.2. The third kappa shape index (κ3) is 4.84. The van der Waals surface area contributed by atoms with Crippen LogP contribution in [0.15, 0.2) is 48.5 Å². The molecule has 0 aliphatic heterocycles. The SMILES string of the molecule is CCC(C)c1ccccc1NC(=S)NC(=O)c1ccc([N+](=O)[O-])cc1. The van der Waals surface area contributed by atoms with Crippen molar-refractivity contribution in [2.24, 2.45) is 0 Å². The Bertz CT molecular complexity index is 790. The Labute approximate surface area is 151 Å². The summed E-state index contributed by atoms with van der Waals surface area (Å²) < 4.78 is 0. The average Bonchev–Trinajstić information content (AvgIpc) is 2.61. The molecule has 0 aromatic heterocycles. The molecule has 1 atom stereocenters. The van der Waals surface area contributed by atoms with E-state index in [0.29, 0.717) is 11.5 Å². The first-order chi connectivity index (χ1) is 11.9. The quantitative estimate of drug-likeness (QED) is 0.475. The lowest BCUT2D eigenvalue weighted by atomic mass is 9.97. The van der Waals surface area contributed by atoms with Gasteiger partial charge in [-0.05, 0) is 48.3 Å². The molecule has 0 saturated carbocycles. The van der Waals surface area contributed by atoms with Gasteiger partial charge in [0, 0.05) is 23.4 Å². The zero-order chi connectivity index (χ0) is 18.4. The number of nitro benzene ring substituents is 1. The number of carbonyl (C=O) groups is 1. The Morgan fingerprint density at radius 2 is 1.84 bits per heavy atom. The van der Waals surface area contributed by atoms with Crippen LogP contribution in [-0.4, -0.2) is 15.9 Å². The summed E-state index contributed by atoms with van der Waals surface area (Å²) in [4.78, 5) is 22.3.